The van der Waals surface area contributed by atoms with Crippen LogP contribution in [0, 0.1) is 16.7 Å². The third kappa shape index (κ3) is 3.31. The fraction of sp³-hybridized carbons (Fsp3) is 0.900. The summed E-state index contributed by atoms with van der Waals surface area (Å²) in [6, 6.07) is 0. The lowest BCUT2D eigenvalue weighted by atomic mass is 9.69. The van der Waals surface area contributed by atoms with Crippen molar-refractivity contribution >= 4 is 0 Å². The molecule has 1 heterocycles. The van der Waals surface area contributed by atoms with Crippen LogP contribution in [-0.2, 0) is 18.9 Å². The molecule has 0 aromatic rings. The fourth-order valence-corrected chi connectivity index (χ4v) is 4.89. The normalized spacial score (nSPS) is 37.7. The highest BCUT2D eigenvalue weighted by Gasteiger charge is 2.62. The van der Waals surface area contributed by atoms with E-state index in [0.29, 0.717) is 12.7 Å². The van der Waals surface area contributed by atoms with Crippen LogP contribution in [-0.4, -0.2) is 39.5 Å². The Morgan fingerprint density at radius 1 is 1.25 bits per heavy atom. The van der Waals surface area contributed by atoms with Crippen molar-refractivity contribution < 1.29 is 18.9 Å². The molecule has 1 saturated heterocycles. The Morgan fingerprint density at radius 2 is 2.08 bits per heavy atom. The van der Waals surface area contributed by atoms with Gasteiger partial charge in [-0.15, -0.1) is 0 Å². The molecule has 2 fully saturated rings. The summed E-state index contributed by atoms with van der Waals surface area (Å²) in [5.41, 5.74) is 1.98. The molecule has 1 saturated carbocycles. The maximum absolute atomic E-state index is 6.42. The van der Waals surface area contributed by atoms with Gasteiger partial charge in [-0.3, -0.25) is 0 Å². The standard InChI is InChI=1S/C20H34O4/c1-19(2)16-12-17(24-18-9-5-6-11-23-18)20(19,3)13-15(16)8-7-10-22-14-21-4/h13,16-18H,5-12,14H2,1-4H3/t16-,17-,18-,20+/m1/s1. The summed E-state index contributed by atoms with van der Waals surface area (Å²) in [5.74, 6) is 0.624. The molecular formula is C20H34O4. The number of rotatable bonds is 8. The molecule has 138 valence electrons. The first-order valence-corrected chi connectivity index (χ1v) is 9.54. The molecule has 0 aromatic carbocycles. The van der Waals surface area contributed by atoms with Crippen molar-refractivity contribution in [3.63, 3.8) is 0 Å². The quantitative estimate of drug-likeness (QED) is 0.376. The molecule has 2 bridgehead atoms. The molecule has 0 unspecified atom stereocenters. The molecule has 0 amide bonds. The molecular weight excluding hydrogens is 304 g/mol. The van der Waals surface area contributed by atoms with Gasteiger partial charge in [0.2, 0.25) is 0 Å². The van der Waals surface area contributed by atoms with Crippen LogP contribution in [0.1, 0.15) is 59.3 Å². The predicted octanol–water partition coefficient (Wildman–Crippen LogP) is 4.29. The molecule has 4 heteroatoms. The van der Waals surface area contributed by atoms with E-state index in [-0.39, 0.29) is 23.2 Å². The van der Waals surface area contributed by atoms with E-state index in [0.717, 1.165) is 38.9 Å². The highest BCUT2D eigenvalue weighted by Crippen LogP contribution is 2.66. The van der Waals surface area contributed by atoms with Crippen molar-refractivity contribution in [2.24, 2.45) is 16.7 Å². The van der Waals surface area contributed by atoms with Gasteiger partial charge in [0.05, 0.1) is 6.10 Å². The number of ether oxygens (including phenoxy) is 4. The van der Waals surface area contributed by atoms with Gasteiger partial charge in [0.15, 0.2) is 6.29 Å². The van der Waals surface area contributed by atoms with Gasteiger partial charge in [-0.2, -0.15) is 0 Å². The smallest absolute Gasteiger partial charge is 0.157 e. The van der Waals surface area contributed by atoms with E-state index in [9.17, 15) is 0 Å². The van der Waals surface area contributed by atoms with Crippen molar-refractivity contribution in [1.82, 2.24) is 0 Å². The lowest BCUT2D eigenvalue weighted by Crippen LogP contribution is -2.39. The van der Waals surface area contributed by atoms with E-state index in [1.54, 1.807) is 12.7 Å². The lowest BCUT2D eigenvalue weighted by Gasteiger charge is -2.39. The zero-order chi connectivity index (χ0) is 17.2. The third-order valence-electron chi connectivity index (χ3n) is 6.72. The van der Waals surface area contributed by atoms with Gasteiger partial charge in [0.25, 0.3) is 0 Å². The van der Waals surface area contributed by atoms with Gasteiger partial charge >= 0.3 is 0 Å². The maximum Gasteiger partial charge on any atom is 0.157 e. The fourth-order valence-electron chi connectivity index (χ4n) is 4.89. The number of fused-ring (bicyclic) bond motifs is 2. The number of methoxy groups -OCH3 is 1. The summed E-state index contributed by atoms with van der Waals surface area (Å²) >= 11 is 0. The second-order valence-corrected chi connectivity index (χ2v) is 8.35. The number of hydrogen-bond acceptors (Lipinski definition) is 4. The summed E-state index contributed by atoms with van der Waals surface area (Å²) < 4.78 is 22.6. The Hall–Kier alpha value is -0.420. The SMILES string of the molecule is COCOCCCC1=C[C@@]2(C)[C@H](O[C@@H]3CCCCO3)C[C@H]1C2(C)C. The van der Waals surface area contributed by atoms with Crippen LogP contribution in [0.2, 0.25) is 0 Å². The van der Waals surface area contributed by atoms with E-state index >= 15 is 0 Å². The molecule has 4 nitrogen and oxygen atoms in total. The van der Waals surface area contributed by atoms with Gasteiger partial charge in [-0.25, -0.2) is 0 Å². The molecule has 0 aromatic heterocycles. The zero-order valence-corrected chi connectivity index (χ0v) is 15.8. The van der Waals surface area contributed by atoms with Crippen LogP contribution >= 0.6 is 0 Å². The van der Waals surface area contributed by atoms with Gasteiger partial charge in [0.1, 0.15) is 6.79 Å². The van der Waals surface area contributed by atoms with Crippen molar-refractivity contribution in [1.29, 1.82) is 0 Å². The summed E-state index contributed by atoms with van der Waals surface area (Å²) in [6.07, 6.45) is 9.58. The van der Waals surface area contributed by atoms with Crippen molar-refractivity contribution in [3.05, 3.63) is 11.6 Å². The second kappa shape index (κ2) is 7.45. The van der Waals surface area contributed by atoms with Crippen LogP contribution in [0.3, 0.4) is 0 Å². The monoisotopic (exact) mass is 338 g/mol. The Labute approximate surface area is 146 Å². The molecule has 0 N–H and O–H groups in total. The Morgan fingerprint density at radius 3 is 2.71 bits per heavy atom. The van der Waals surface area contributed by atoms with E-state index < -0.39 is 0 Å². The predicted molar refractivity (Wildman–Crippen MR) is 93.6 cm³/mol. The first-order valence-electron chi connectivity index (χ1n) is 9.54. The third-order valence-corrected chi connectivity index (χ3v) is 6.72. The molecule has 1 aliphatic heterocycles. The largest absolute Gasteiger partial charge is 0.359 e. The highest BCUT2D eigenvalue weighted by atomic mass is 16.7. The molecule has 2 aliphatic carbocycles. The molecule has 0 radical (unpaired) electrons. The van der Waals surface area contributed by atoms with E-state index in [2.05, 4.69) is 26.8 Å². The van der Waals surface area contributed by atoms with E-state index in [4.69, 9.17) is 18.9 Å². The Kier molecular flexibility index (Phi) is 5.70. The van der Waals surface area contributed by atoms with E-state index in [1.807, 2.05) is 0 Å². The van der Waals surface area contributed by atoms with Crippen LogP contribution in [0.4, 0.5) is 0 Å². The zero-order valence-electron chi connectivity index (χ0n) is 15.8. The minimum absolute atomic E-state index is 0.00928. The van der Waals surface area contributed by atoms with Gasteiger partial charge < -0.3 is 18.9 Å². The Balaban J connectivity index is 1.59. The summed E-state index contributed by atoms with van der Waals surface area (Å²) in [7, 11) is 1.66. The second-order valence-electron chi connectivity index (χ2n) is 8.35. The number of hydrogen-bond donors (Lipinski definition) is 0. The first-order chi connectivity index (χ1) is 11.5. The van der Waals surface area contributed by atoms with Gasteiger partial charge in [0, 0.05) is 25.7 Å². The van der Waals surface area contributed by atoms with Crippen LogP contribution < -0.4 is 0 Å². The summed E-state index contributed by atoms with van der Waals surface area (Å²) in [4.78, 5) is 0. The minimum Gasteiger partial charge on any atom is -0.359 e. The molecule has 0 spiro atoms. The van der Waals surface area contributed by atoms with Crippen LogP contribution in [0.5, 0.6) is 0 Å². The van der Waals surface area contributed by atoms with Crippen molar-refractivity contribution in [3.8, 4) is 0 Å². The van der Waals surface area contributed by atoms with Gasteiger partial charge in [-0.05, 0) is 49.9 Å². The van der Waals surface area contributed by atoms with Crippen molar-refractivity contribution in [2.75, 3.05) is 27.1 Å². The average molecular weight is 338 g/mol. The van der Waals surface area contributed by atoms with Crippen molar-refractivity contribution in [2.45, 2.75) is 71.7 Å². The molecule has 3 rings (SSSR count). The first kappa shape index (κ1) is 18.4. The summed E-state index contributed by atoms with van der Waals surface area (Å²) in [5, 5.41) is 0. The van der Waals surface area contributed by atoms with Gasteiger partial charge in [-0.1, -0.05) is 32.4 Å². The minimum atomic E-state index is 0.00928. The summed E-state index contributed by atoms with van der Waals surface area (Å²) in [6.45, 7) is 9.22. The molecule has 24 heavy (non-hydrogen) atoms. The van der Waals surface area contributed by atoms with Crippen LogP contribution in [0.15, 0.2) is 11.6 Å². The Bertz CT molecular complexity index is 453. The van der Waals surface area contributed by atoms with Crippen LogP contribution in [0.25, 0.3) is 0 Å². The number of allylic oxidation sites excluding steroid dienone is 1. The highest BCUT2D eigenvalue weighted by molar-refractivity contribution is 5.33. The maximum atomic E-state index is 6.42. The average Bonchev–Trinajstić information content (AvgIpc) is 2.87. The lowest BCUT2D eigenvalue weighted by molar-refractivity contribution is -0.205. The topological polar surface area (TPSA) is 36.9 Å². The molecule has 4 atom stereocenters. The van der Waals surface area contributed by atoms with E-state index in [1.165, 1.54) is 12.8 Å². The molecule has 3 aliphatic rings.